The van der Waals surface area contributed by atoms with Crippen molar-refractivity contribution in [2.24, 2.45) is 5.41 Å². The van der Waals surface area contributed by atoms with E-state index < -0.39 is 0 Å². The monoisotopic (exact) mass is 369 g/mol. The summed E-state index contributed by atoms with van der Waals surface area (Å²) in [5.41, 5.74) is 3.78. The van der Waals surface area contributed by atoms with Gasteiger partial charge in [0.05, 0.1) is 18.8 Å². The number of rotatable bonds is 6. The molecular weight excluding hydrogens is 338 g/mol. The van der Waals surface area contributed by atoms with Crippen molar-refractivity contribution < 1.29 is 9.90 Å². The van der Waals surface area contributed by atoms with Crippen molar-refractivity contribution in [3.8, 4) is 0 Å². The number of nitrogens with zero attached hydrogens (tertiary/aromatic N) is 3. The van der Waals surface area contributed by atoms with E-state index in [9.17, 15) is 9.90 Å². The zero-order valence-electron chi connectivity index (χ0n) is 16.7. The van der Waals surface area contributed by atoms with Crippen molar-refractivity contribution >= 4 is 5.91 Å². The first kappa shape index (κ1) is 19.6. The van der Waals surface area contributed by atoms with E-state index in [1.165, 1.54) is 0 Å². The molecule has 1 aromatic heterocycles. The third-order valence-electron chi connectivity index (χ3n) is 5.67. The van der Waals surface area contributed by atoms with Gasteiger partial charge in [0.1, 0.15) is 0 Å². The molecule has 1 atom stereocenters. The van der Waals surface area contributed by atoms with Gasteiger partial charge in [-0.3, -0.25) is 9.48 Å². The lowest BCUT2D eigenvalue weighted by Crippen LogP contribution is -2.47. The molecule has 1 fully saturated rings. The minimum Gasteiger partial charge on any atom is -0.396 e. The fourth-order valence-electron chi connectivity index (χ4n) is 4.32. The van der Waals surface area contributed by atoms with E-state index in [1.807, 2.05) is 47.7 Å². The lowest BCUT2D eigenvalue weighted by Gasteiger charge is -2.42. The second-order valence-corrected chi connectivity index (χ2v) is 8.02. The standard InChI is InChI=1S/C22H31N3O2/c1-4-9-22(16-26)10-6-11-24(15-22)21(27)20-8-5-7-19(13-20)14-25-18(3)12-17(2)23-25/h5,7-8,12-13,26H,4,6,9-11,14-16H2,1-3H3/t22-/m0/s1. The van der Waals surface area contributed by atoms with E-state index in [1.54, 1.807) is 0 Å². The minimum atomic E-state index is -0.135. The summed E-state index contributed by atoms with van der Waals surface area (Å²) in [5.74, 6) is 0.0684. The Bertz CT molecular complexity index is 795. The van der Waals surface area contributed by atoms with E-state index in [4.69, 9.17) is 0 Å². The molecule has 1 saturated heterocycles. The highest BCUT2D eigenvalue weighted by atomic mass is 16.3. The van der Waals surface area contributed by atoms with Crippen molar-refractivity contribution in [2.45, 2.75) is 53.0 Å². The molecule has 0 saturated carbocycles. The Morgan fingerprint density at radius 2 is 2.11 bits per heavy atom. The molecule has 0 aliphatic carbocycles. The molecule has 1 aliphatic rings. The summed E-state index contributed by atoms with van der Waals surface area (Å²) in [6, 6.07) is 9.92. The first-order chi connectivity index (χ1) is 13.0. The first-order valence-electron chi connectivity index (χ1n) is 9.96. The normalized spacial score (nSPS) is 20.1. The summed E-state index contributed by atoms with van der Waals surface area (Å²) >= 11 is 0. The number of aliphatic hydroxyl groups is 1. The Morgan fingerprint density at radius 1 is 1.30 bits per heavy atom. The van der Waals surface area contributed by atoms with Gasteiger partial charge in [-0.1, -0.05) is 25.5 Å². The van der Waals surface area contributed by atoms with Crippen LogP contribution in [0.25, 0.3) is 0 Å². The van der Waals surface area contributed by atoms with Gasteiger partial charge < -0.3 is 10.0 Å². The van der Waals surface area contributed by atoms with Gasteiger partial charge in [-0.25, -0.2) is 0 Å². The number of carbonyl (C=O) groups excluding carboxylic acids is 1. The SMILES string of the molecule is CCC[C@]1(CO)CCCN(C(=O)c2cccc(Cn3nc(C)cc3C)c2)C1. The van der Waals surface area contributed by atoms with Gasteiger partial charge in [0.2, 0.25) is 0 Å². The van der Waals surface area contributed by atoms with Gasteiger partial charge in [0.15, 0.2) is 0 Å². The summed E-state index contributed by atoms with van der Waals surface area (Å²) in [4.78, 5) is 15.0. The predicted molar refractivity (Wildman–Crippen MR) is 107 cm³/mol. The molecule has 3 rings (SSSR count). The van der Waals surface area contributed by atoms with Gasteiger partial charge in [0.25, 0.3) is 5.91 Å². The predicted octanol–water partition coefficient (Wildman–Crippen LogP) is 3.56. The summed E-state index contributed by atoms with van der Waals surface area (Å²) < 4.78 is 1.97. The van der Waals surface area contributed by atoms with Gasteiger partial charge in [-0.2, -0.15) is 5.10 Å². The van der Waals surface area contributed by atoms with Crippen LogP contribution >= 0.6 is 0 Å². The van der Waals surface area contributed by atoms with E-state index in [0.717, 1.165) is 54.7 Å². The van der Waals surface area contributed by atoms with E-state index >= 15 is 0 Å². The molecule has 1 aliphatic heterocycles. The maximum absolute atomic E-state index is 13.1. The van der Waals surface area contributed by atoms with Crippen LogP contribution in [-0.4, -0.2) is 45.4 Å². The highest BCUT2D eigenvalue weighted by molar-refractivity contribution is 5.94. The van der Waals surface area contributed by atoms with Gasteiger partial charge >= 0.3 is 0 Å². The average Bonchev–Trinajstić information content (AvgIpc) is 2.98. The van der Waals surface area contributed by atoms with Crippen molar-refractivity contribution in [1.29, 1.82) is 0 Å². The van der Waals surface area contributed by atoms with Crippen molar-refractivity contribution in [1.82, 2.24) is 14.7 Å². The van der Waals surface area contributed by atoms with E-state index in [0.29, 0.717) is 13.1 Å². The summed E-state index contributed by atoms with van der Waals surface area (Å²) in [6.07, 6.45) is 3.95. The number of carbonyl (C=O) groups is 1. The number of amides is 1. The van der Waals surface area contributed by atoms with Crippen LogP contribution in [0.2, 0.25) is 0 Å². The molecule has 2 heterocycles. The summed E-state index contributed by atoms with van der Waals surface area (Å²) in [6.45, 7) is 8.42. The van der Waals surface area contributed by atoms with Crippen LogP contribution in [0.15, 0.2) is 30.3 Å². The van der Waals surface area contributed by atoms with Gasteiger partial charge in [0, 0.05) is 29.8 Å². The van der Waals surface area contributed by atoms with Crippen molar-refractivity contribution in [3.05, 3.63) is 52.8 Å². The second kappa shape index (κ2) is 8.26. The quantitative estimate of drug-likeness (QED) is 0.847. The number of benzene rings is 1. The molecule has 1 amide bonds. The molecule has 0 spiro atoms. The third-order valence-corrected chi connectivity index (χ3v) is 5.67. The molecule has 0 radical (unpaired) electrons. The lowest BCUT2D eigenvalue weighted by molar-refractivity contribution is 0.0222. The van der Waals surface area contributed by atoms with Crippen LogP contribution in [0.5, 0.6) is 0 Å². The van der Waals surface area contributed by atoms with Crippen LogP contribution in [0, 0.1) is 19.3 Å². The molecule has 5 heteroatoms. The second-order valence-electron chi connectivity index (χ2n) is 8.02. The Hall–Kier alpha value is -2.14. The van der Waals surface area contributed by atoms with E-state index in [2.05, 4.69) is 18.1 Å². The van der Waals surface area contributed by atoms with Crippen LogP contribution < -0.4 is 0 Å². The fraction of sp³-hybridized carbons (Fsp3) is 0.545. The lowest BCUT2D eigenvalue weighted by atomic mass is 9.77. The molecule has 0 bridgehead atoms. The molecular formula is C22H31N3O2. The molecule has 5 nitrogen and oxygen atoms in total. The van der Waals surface area contributed by atoms with Crippen LogP contribution in [-0.2, 0) is 6.54 Å². The fourth-order valence-corrected chi connectivity index (χ4v) is 4.32. The topological polar surface area (TPSA) is 58.4 Å². The molecule has 2 aromatic rings. The Labute approximate surface area is 162 Å². The number of piperidine rings is 1. The van der Waals surface area contributed by atoms with E-state index in [-0.39, 0.29) is 17.9 Å². The van der Waals surface area contributed by atoms with Crippen LogP contribution in [0.4, 0.5) is 0 Å². The smallest absolute Gasteiger partial charge is 0.253 e. The maximum atomic E-state index is 13.1. The highest BCUT2D eigenvalue weighted by Gasteiger charge is 2.36. The minimum absolute atomic E-state index is 0.0684. The molecule has 1 aromatic carbocycles. The summed E-state index contributed by atoms with van der Waals surface area (Å²) in [7, 11) is 0. The van der Waals surface area contributed by atoms with Crippen molar-refractivity contribution in [2.75, 3.05) is 19.7 Å². The van der Waals surface area contributed by atoms with Gasteiger partial charge in [-0.05, 0) is 56.9 Å². The molecule has 146 valence electrons. The zero-order valence-corrected chi connectivity index (χ0v) is 16.7. The molecule has 0 unspecified atom stereocenters. The largest absolute Gasteiger partial charge is 0.396 e. The van der Waals surface area contributed by atoms with Crippen LogP contribution in [0.3, 0.4) is 0 Å². The van der Waals surface area contributed by atoms with Gasteiger partial charge in [-0.15, -0.1) is 0 Å². The molecule has 27 heavy (non-hydrogen) atoms. The molecule has 1 N–H and O–H groups in total. The Balaban J connectivity index is 1.76. The zero-order chi connectivity index (χ0) is 19.4. The highest BCUT2D eigenvalue weighted by Crippen LogP contribution is 2.34. The maximum Gasteiger partial charge on any atom is 0.253 e. The number of aliphatic hydroxyl groups excluding tert-OH is 1. The number of hydrogen-bond donors (Lipinski definition) is 1. The number of likely N-dealkylation sites (tertiary alicyclic amines) is 1. The first-order valence-corrected chi connectivity index (χ1v) is 9.96. The van der Waals surface area contributed by atoms with Crippen LogP contribution in [0.1, 0.15) is 59.9 Å². The Morgan fingerprint density at radius 3 is 2.78 bits per heavy atom. The third kappa shape index (κ3) is 4.41. The van der Waals surface area contributed by atoms with Crippen molar-refractivity contribution in [3.63, 3.8) is 0 Å². The number of aromatic nitrogens is 2. The summed E-state index contributed by atoms with van der Waals surface area (Å²) in [5, 5.41) is 14.4. The Kier molecular flexibility index (Phi) is 6.00. The number of hydrogen-bond acceptors (Lipinski definition) is 3. The average molecular weight is 370 g/mol. The number of aryl methyl sites for hydroxylation is 2.